The molecule has 154 valence electrons. The van der Waals surface area contributed by atoms with E-state index in [1.54, 1.807) is 5.32 Å². The summed E-state index contributed by atoms with van der Waals surface area (Å²) in [6.45, 7) is 1.41. The maximum absolute atomic E-state index is 14.0. The molecule has 0 atom stereocenters. The van der Waals surface area contributed by atoms with Crippen molar-refractivity contribution in [2.24, 2.45) is 0 Å². The number of esters is 1. The first-order chi connectivity index (χ1) is 13.3. The van der Waals surface area contributed by atoms with Gasteiger partial charge in [0.1, 0.15) is 5.82 Å². The Bertz CT molecular complexity index is 852. The SMILES string of the molecule is CCOC(=O)NC(=O)COC(=O)c1cc(S(=O)(=O)N2CCOCC2)ccc1F. The number of morpholine rings is 1. The summed E-state index contributed by atoms with van der Waals surface area (Å²) in [5, 5.41) is 1.80. The van der Waals surface area contributed by atoms with Crippen LogP contribution in [0.4, 0.5) is 9.18 Å². The Balaban J connectivity index is 2.09. The topological polar surface area (TPSA) is 128 Å². The van der Waals surface area contributed by atoms with Crippen LogP contribution in [0.1, 0.15) is 17.3 Å². The molecule has 0 aromatic heterocycles. The molecule has 1 aromatic rings. The number of hydrogen-bond acceptors (Lipinski definition) is 8. The lowest BCUT2D eigenvalue weighted by molar-refractivity contribution is -0.123. The lowest BCUT2D eigenvalue weighted by Crippen LogP contribution is -2.40. The molecule has 2 amide bonds. The standard InChI is InChI=1S/C16H19FN2O8S/c1-2-26-16(22)18-14(20)10-27-15(21)12-9-11(3-4-13(12)17)28(23,24)19-5-7-25-8-6-19/h3-4,9H,2,5-8,10H2,1H3,(H,18,20,22). The summed E-state index contributed by atoms with van der Waals surface area (Å²) in [7, 11) is -3.95. The van der Waals surface area contributed by atoms with Crippen LogP contribution in [-0.4, -0.2) is 70.2 Å². The third-order valence-electron chi connectivity index (χ3n) is 3.62. The molecule has 0 spiro atoms. The molecular formula is C16H19FN2O8S. The number of rotatable bonds is 6. The van der Waals surface area contributed by atoms with Crippen LogP contribution in [0.5, 0.6) is 0 Å². The van der Waals surface area contributed by atoms with Crippen LogP contribution in [0.3, 0.4) is 0 Å². The molecule has 0 aliphatic carbocycles. The molecule has 1 aliphatic rings. The second-order valence-corrected chi connectivity index (χ2v) is 7.44. The van der Waals surface area contributed by atoms with E-state index in [1.807, 2.05) is 0 Å². The van der Waals surface area contributed by atoms with Gasteiger partial charge in [-0.05, 0) is 25.1 Å². The van der Waals surface area contributed by atoms with Gasteiger partial charge in [-0.3, -0.25) is 10.1 Å². The summed E-state index contributed by atoms with van der Waals surface area (Å²) in [5.74, 6) is -3.25. The lowest BCUT2D eigenvalue weighted by Gasteiger charge is -2.26. The van der Waals surface area contributed by atoms with Gasteiger partial charge in [0.15, 0.2) is 6.61 Å². The quantitative estimate of drug-likeness (QED) is 0.652. The van der Waals surface area contributed by atoms with Gasteiger partial charge < -0.3 is 14.2 Å². The Labute approximate surface area is 160 Å². The van der Waals surface area contributed by atoms with Gasteiger partial charge in [-0.15, -0.1) is 0 Å². The number of amides is 2. The van der Waals surface area contributed by atoms with Crippen LogP contribution in [0, 0.1) is 5.82 Å². The number of halogens is 1. The Morgan fingerprint density at radius 3 is 2.54 bits per heavy atom. The van der Waals surface area contributed by atoms with Gasteiger partial charge >= 0.3 is 12.1 Å². The second-order valence-electron chi connectivity index (χ2n) is 5.50. The van der Waals surface area contributed by atoms with Crippen molar-refractivity contribution < 1.29 is 41.4 Å². The van der Waals surface area contributed by atoms with E-state index in [0.29, 0.717) is 0 Å². The number of ether oxygens (including phenoxy) is 3. The zero-order valence-electron chi connectivity index (χ0n) is 15.0. The summed E-state index contributed by atoms with van der Waals surface area (Å²) >= 11 is 0. The van der Waals surface area contributed by atoms with E-state index in [2.05, 4.69) is 9.47 Å². The van der Waals surface area contributed by atoms with Gasteiger partial charge in [-0.25, -0.2) is 22.4 Å². The summed E-state index contributed by atoms with van der Waals surface area (Å²) < 4.78 is 54.6. The van der Waals surface area contributed by atoms with Crippen molar-refractivity contribution in [3.05, 3.63) is 29.6 Å². The van der Waals surface area contributed by atoms with Gasteiger partial charge in [0.2, 0.25) is 10.0 Å². The van der Waals surface area contributed by atoms with Gasteiger partial charge in [0.25, 0.3) is 5.91 Å². The van der Waals surface area contributed by atoms with Crippen molar-refractivity contribution in [3.8, 4) is 0 Å². The van der Waals surface area contributed by atoms with E-state index in [9.17, 15) is 27.2 Å². The molecule has 2 rings (SSSR count). The van der Waals surface area contributed by atoms with E-state index in [-0.39, 0.29) is 37.8 Å². The van der Waals surface area contributed by atoms with E-state index in [0.717, 1.165) is 22.5 Å². The normalized spacial score (nSPS) is 14.9. The fourth-order valence-electron chi connectivity index (χ4n) is 2.28. The summed E-state index contributed by atoms with van der Waals surface area (Å²) in [6, 6.07) is 2.69. The zero-order chi connectivity index (χ0) is 20.7. The largest absolute Gasteiger partial charge is 0.452 e. The molecular weight excluding hydrogens is 399 g/mol. The van der Waals surface area contributed by atoms with Crippen molar-refractivity contribution in [2.75, 3.05) is 39.5 Å². The highest BCUT2D eigenvalue weighted by molar-refractivity contribution is 7.89. The zero-order valence-corrected chi connectivity index (χ0v) is 15.8. The van der Waals surface area contributed by atoms with E-state index >= 15 is 0 Å². The van der Waals surface area contributed by atoms with E-state index in [1.165, 1.54) is 6.92 Å². The smallest absolute Gasteiger partial charge is 0.413 e. The molecule has 0 radical (unpaired) electrons. The minimum Gasteiger partial charge on any atom is -0.452 e. The second kappa shape index (κ2) is 9.57. The average molecular weight is 418 g/mol. The number of alkyl carbamates (subject to hydrolysis) is 1. The molecule has 12 heteroatoms. The summed E-state index contributed by atoms with van der Waals surface area (Å²) in [6.07, 6.45) is -1.02. The van der Waals surface area contributed by atoms with Crippen LogP contribution in [0.15, 0.2) is 23.1 Å². The van der Waals surface area contributed by atoms with Crippen molar-refractivity contribution in [1.29, 1.82) is 0 Å². The molecule has 10 nitrogen and oxygen atoms in total. The Hall–Kier alpha value is -2.57. The van der Waals surface area contributed by atoms with Crippen LogP contribution < -0.4 is 5.32 Å². The molecule has 1 aromatic carbocycles. The molecule has 28 heavy (non-hydrogen) atoms. The predicted octanol–water partition coefficient (Wildman–Crippen LogP) is 0.276. The van der Waals surface area contributed by atoms with Crippen LogP contribution in [0.25, 0.3) is 0 Å². The number of nitrogens with one attached hydrogen (secondary N) is 1. The number of carbonyl (C=O) groups excluding carboxylic acids is 3. The van der Waals surface area contributed by atoms with Crippen LogP contribution in [-0.2, 0) is 29.0 Å². The van der Waals surface area contributed by atoms with Crippen molar-refractivity contribution in [1.82, 2.24) is 9.62 Å². The molecule has 0 bridgehead atoms. The third kappa shape index (κ3) is 5.47. The first-order valence-electron chi connectivity index (χ1n) is 8.27. The highest BCUT2D eigenvalue weighted by atomic mass is 32.2. The fraction of sp³-hybridized carbons (Fsp3) is 0.438. The van der Waals surface area contributed by atoms with Gasteiger partial charge in [0, 0.05) is 13.1 Å². The Kier molecular flexibility index (Phi) is 7.43. The molecule has 1 saturated heterocycles. The lowest BCUT2D eigenvalue weighted by atomic mass is 10.2. The van der Waals surface area contributed by atoms with Crippen molar-refractivity contribution in [3.63, 3.8) is 0 Å². The van der Waals surface area contributed by atoms with Crippen LogP contribution >= 0.6 is 0 Å². The molecule has 0 saturated carbocycles. The highest BCUT2D eigenvalue weighted by Crippen LogP contribution is 2.20. The van der Waals surface area contributed by atoms with Crippen LogP contribution in [0.2, 0.25) is 0 Å². The third-order valence-corrected chi connectivity index (χ3v) is 5.51. The van der Waals surface area contributed by atoms with Crippen molar-refractivity contribution in [2.45, 2.75) is 11.8 Å². The number of carbonyl (C=O) groups is 3. The average Bonchev–Trinajstić information content (AvgIpc) is 2.67. The van der Waals surface area contributed by atoms with Gasteiger partial charge in [-0.1, -0.05) is 0 Å². The van der Waals surface area contributed by atoms with Gasteiger partial charge in [-0.2, -0.15) is 4.31 Å². The number of imide groups is 1. The first kappa shape index (κ1) is 21.7. The number of benzene rings is 1. The summed E-state index contributed by atoms with van der Waals surface area (Å²) in [5.41, 5.74) is -0.654. The molecule has 1 fully saturated rings. The highest BCUT2D eigenvalue weighted by Gasteiger charge is 2.28. The number of nitrogens with zero attached hydrogens (tertiary/aromatic N) is 1. The molecule has 1 N–H and O–H groups in total. The fourth-order valence-corrected chi connectivity index (χ4v) is 3.72. The number of hydrogen-bond donors (Lipinski definition) is 1. The Morgan fingerprint density at radius 1 is 1.21 bits per heavy atom. The Morgan fingerprint density at radius 2 is 1.89 bits per heavy atom. The molecule has 0 unspecified atom stereocenters. The monoisotopic (exact) mass is 418 g/mol. The maximum Gasteiger partial charge on any atom is 0.413 e. The molecule has 1 heterocycles. The maximum atomic E-state index is 14.0. The van der Waals surface area contributed by atoms with Gasteiger partial charge in [0.05, 0.1) is 30.3 Å². The van der Waals surface area contributed by atoms with Crippen molar-refractivity contribution >= 4 is 28.0 Å². The summed E-state index contributed by atoms with van der Waals surface area (Å²) in [4.78, 5) is 34.3. The first-order valence-corrected chi connectivity index (χ1v) is 9.71. The van der Waals surface area contributed by atoms with E-state index in [4.69, 9.17) is 4.74 Å². The minimum atomic E-state index is -3.95. The number of sulfonamides is 1. The molecule has 1 aliphatic heterocycles. The van der Waals surface area contributed by atoms with E-state index < -0.39 is 46.0 Å². The minimum absolute atomic E-state index is 0.0362. The predicted molar refractivity (Wildman–Crippen MR) is 91.4 cm³/mol.